The van der Waals surface area contributed by atoms with Gasteiger partial charge in [0, 0.05) is 13.1 Å². The summed E-state index contributed by atoms with van der Waals surface area (Å²) in [4.78, 5) is 14.2. The monoisotopic (exact) mass is 235 g/mol. The number of benzene rings is 1. The van der Waals surface area contributed by atoms with E-state index in [0.717, 1.165) is 11.1 Å². The largest absolute Gasteiger partial charge is 0.496 e. The van der Waals surface area contributed by atoms with Gasteiger partial charge in [-0.1, -0.05) is 6.07 Å². The number of ether oxygens (including phenoxy) is 1. The zero-order chi connectivity index (χ0) is 13.0. The predicted octanol–water partition coefficient (Wildman–Crippen LogP) is 2.79. The molecule has 94 valence electrons. The van der Waals surface area contributed by atoms with E-state index in [1.807, 2.05) is 39.8 Å². The van der Waals surface area contributed by atoms with Crippen LogP contribution in [0.2, 0.25) is 0 Å². The molecule has 17 heavy (non-hydrogen) atoms. The Labute approximate surface area is 103 Å². The lowest BCUT2D eigenvalue weighted by atomic mass is 10.0. The normalized spacial score (nSPS) is 10.2. The highest BCUT2D eigenvalue weighted by atomic mass is 16.5. The quantitative estimate of drug-likeness (QED) is 0.803. The average molecular weight is 235 g/mol. The zero-order valence-corrected chi connectivity index (χ0v) is 11.3. The van der Waals surface area contributed by atoms with Gasteiger partial charge in [0.2, 0.25) is 0 Å². The van der Waals surface area contributed by atoms with Crippen molar-refractivity contribution in [2.75, 3.05) is 20.2 Å². The van der Waals surface area contributed by atoms with Gasteiger partial charge in [-0.15, -0.1) is 0 Å². The number of carbonyl (C=O) groups excluding carboxylic acids is 1. The van der Waals surface area contributed by atoms with E-state index in [2.05, 4.69) is 0 Å². The summed E-state index contributed by atoms with van der Waals surface area (Å²) in [7, 11) is 1.60. The van der Waals surface area contributed by atoms with Gasteiger partial charge in [-0.05, 0) is 44.9 Å². The van der Waals surface area contributed by atoms with E-state index in [1.54, 1.807) is 12.0 Å². The lowest BCUT2D eigenvalue weighted by molar-refractivity contribution is 0.0769. The molecule has 0 unspecified atom stereocenters. The highest BCUT2D eigenvalue weighted by molar-refractivity contribution is 5.98. The molecule has 0 bridgehead atoms. The third kappa shape index (κ3) is 2.78. The molecule has 0 saturated carbocycles. The van der Waals surface area contributed by atoms with Crippen molar-refractivity contribution in [1.29, 1.82) is 0 Å². The lowest BCUT2D eigenvalue weighted by Crippen LogP contribution is -2.31. The van der Waals surface area contributed by atoms with Crippen molar-refractivity contribution in [3.63, 3.8) is 0 Å². The standard InChI is InChI=1S/C14H21NO2/c1-6-15(7-2)14(16)13-11(4)8-10(3)9-12(13)17-5/h8-9H,6-7H2,1-5H3. The van der Waals surface area contributed by atoms with Gasteiger partial charge in [-0.3, -0.25) is 4.79 Å². The van der Waals surface area contributed by atoms with Gasteiger partial charge in [-0.2, -0.15) is 0 Å². The van der Waals surface area contributed by atoms with Crippen molar-refractivity contribution in [2.45, 2.75) is 27.7 Å². The van der Waals surface area contributed by atoms with Crippen molar-refractivity contribution in [1.82, 2.24) is 4.90 Å². The molecule has 0 fully saturated rings. The summed E-state index contributed by atoms with van der Waals surface area (Å²) in [5.41, 5.74) is 2.76. The average Bonchev–Trinajstić information content (AvgIpc) is 2.29. The van der Waals surface area contributed by atoms with Crippen LogP contribution in [-0.4, -0.2) is 31.0 Å². The summed E-state index contributed by atoms with van der Waals surface area (Å²) in [6.45, 7) is 9.35. The van der Waals surface area contributed by atoms with Crippen LogP contribution in [0.3, 0.4) is 0 Å². The summed E-state index contributed by atoms with van der Waals surface area (Å²) in [5, 5.41) is 0. The SMILES string of the molecule is CCN(CC)C(=O)c1c(C)cc(C)cc1OC. The first-order valence-corrected chi connectivity index (χ1v) is 5.99. The number of methoxy groups -OCH3 is 1. The maximum absolute atomic E-state index is 12.4. The molecule has 0 saturated heterocycles. The lowest BCUT2D eigenvalue weighted by Gasteiger charge is -2.21. The Hall–Kier alpha value is -1.51. The maximum atomic E-state index is 12.4. The summed E-state index contributed by atoms with van der Waals surface area (Å²) < 4.78 is 5.32. The van der Waals surface area contributed by atoms with Crippen molar-refractivity contribution in [3.05, 3.63) is 28.8 Å². The second kappa shape index (κ2) is 5.71. The molecule has 1 rings (SSSR count). The number of hydrogen-bond donors (Lipinski definition) is 0. The molecule has 0 aliphatic rings. The number of nitrogens with zero attached hydrogens (tertiary/aromatic N) is 1. The molecule has 0 heterocycles. The number of amides is 1. The number of rotatable bonds is 4. The Balaban J connectivity index is 3.25. The summed E-state index contributed by atoms with van der Waals surface area (Å²) >= 11 is 0. The van der Waals surface area contributed by atoms with Crippen LogP contribution in [0.15, 0.2) is 12.1 Å². The summed E-state index contributed by atoms with van der Waals surface area (Å²) in [6, 6.07) is 3.92. The van der Waals surface area contributed by atoms with E-state index in [9.17, 15) is 4.79 Å². The molecule has 3 nitrogen and oxygen atoms in total. The topological polar surface area (TPSA) is 29.5 Å². The first kappa shape index (κ1) is 13.6. The minimum atomic E-state index is 0.0457. The second-order valence-electron chi connectivity index (χ2n) is 4.14. The molecule has 0 spiro atoms. The molecular weight excluding hydrogens is 214 g/mol. The highest BCUT2D eigenvalue weighted by Gasteiger charge is 2.19. The Morgan fingerprint density at radius 1 is 1.24 bits per heavy atom. The Morgan fingerprint density at radius 3 is 2.29 bits per heavy atom. The van der Waals surface area contributed by atoms with Crippen molar-refractivity contribution in [3.8, 4) is 5.75 Å². The van der Waals surface area contributed by atoms with Crippen LogP contribution in [0.1, 0.15) is 35.3 Å². The van der Waals surface area contributed by atoms with Crippen LogP contribution in [0.4, 0.5) is 0 Å². The van der Waals surface area contributed by atoms with E-state index in [-0.39, 0.29) is 5.91 Å². The number of aryl methyl sites for hydroxylation is 2. The molecule has 1 aromatic carbocycles. The molecule has 0 atom stereocenters. The van der Waals surface area contributed by atoms with Gasteiger partial charge in [0.15, 0.2) is 0 Å². The van der Waals surface area contributed by atoms with Gasteiger partial charge in [0.25, 0.3) is 5.91 Å². The third-order valence-corrected chi connectivity index (χ3v) is 2.93. The zero-order valence-electron chi connectivity index (χ0n) is 11.3. The fourth-order valence-corrected chi connectivity index (χ4v) is 2.03. The summed E-state index contributed by atoms with van der Waals surface area (Å²) in [6.07, 6.45) is 0. The van der Waals surface area contributed by atoms with Crippen molar-refractivity contribution < 1.29 is 9.53 Å². The molecule has 0 aromatic heterocycles. The molecular formula is C14H21NO2. The Kier molecular flexibility index (Phi) is 4.55. The number of carbonyl (C=O) groups is 1. The van der Waals surface area contributed by atoms with Crippen molar-refractivity contribution in [2.24, 2.45) is 0 Å². The molecule has 0 radical (unpaired) electrons. The van der Waals surface area contributed by atoms with Gasteiger partial charge >= 0.3 is 0 Å². The molecule has 0 aliphatic heterocycles. The second-order valence-corrected chi connectivity index (χ2v) is 4.14. The van der Waals surface area contributed by atoms with Gasteiger partial charge in [0.05, 0.1) is 12.7 Å². The number of hydrogen-bond acceptors (Lipinski definition) is 2. The van der Waals surface area contributed by atoms with E-state index in [4.69, 9.17) is 4.74 Å². The fourth-order valence-electron chi connectivity index (χ4n) is 2.03. The fraction of sp³-hybridized carbons (Fsp3) is 0.500. The van der Waals surface area contributed by atoms with E-state index in [1.165, 1.54) is 0 Å². The molecule has 3 heteroatoms. The minimum Gasteiger partial charge on any atom is -0.496 e. The maximum Gasteiger partial charge on any atom is 0.257 e. The third-order valence-electron chi connectivity index (χ3n) is 2.93. The molecule has 0 aliphatic carbocycles. The van der Waals surface area contributed by atoms with Crippen LogP contribution in [0.25, 0.3) is 0 Å². The van der Waals surface area contributed by atoms with Gasteiger partial charge in [-0.25, -0.2) is 0 Å². The Morgan fingerprint density at radius 2 is 1.82 bits per heavy atom. The summed E-state index contributed by atoms with van der Waals surface area (Å²) in [5.74, 6) is 0.712. The van der Waals surface area contributed by atoms with Gasteiger partial charge in [0.1, 0.15) is 5.75 Å². The first-order valence-electron chi connectivity index (χ1n) is 5.99. The van der Waals surface area contributed by atoms with Crippen LogP contribution in [0.5, 0.6) is 5.75 Å². The van der Waals surface area contributed by atoms with E-state index < -0.39 is 0 Å². The van der Waals surface area contributed by atoms with E-state index >= 15 is 0 Å². The van der Waals surface area contributed by atoms with E-state index in [0.29, 0.717) is 24.4 Å². The minimum absolute atomic E-state index is 0.0457. The van der Waals surface area contributed by atoms with Crippen LogP contribution < -0.4 is 4.74 Å². The first-order chi connectivity index (χ1) is 8.04. The van der Waals surface area contributed by atoms with Crippen LogP contribution >= 0.6 is 0 Å². The predicted molar refractivity (Wildman–Crippen MR) is 69.7 cm³/mol. The highest BCUT2D eigenvalue weighted by Crippen LogP contribution is 2.25. The van der Waals surface area contributed by atoms with Crippen LogP contribution in [-0.2, 0) is 0 Å². The molecule has 1 aromatic rings. The smallest absolute Gasteiger partial charge is 0.257 e. The molecule has 0 N–H and O–H groups in total. The van der Waals surface area contributed by atoms with Crippen LogP contribution in [0, 0.1) is 13.8 Å². The Bertz CT molecular complexity index is 409. The molecule has 1 amide bonds. The van der Waals surface area contributed by atoms with Gasteiger partial charge < -0.3 is 9.64 Å². The van der Waals surface area contributed by atoms with Crippen molar-refractivity contribution >= 4 is 5.91 Å².